The molecule has 20 aromatic rings. The first-order chi connectivity index (χ1) is 46.6. The monoisotopic (exact) mass is 1190 g/mol. The van der Waals surface area contributed by atoms with Crippen molar-refractivity contribution in [3.63, 3.8) is 0 Å². The maximum atomic E-state index is 5.64. The number of hydrogen-bond donors (Lipinski definition) is 0. The highest BCUT2D eigenvalue weighted by molar-refractivity contribution is 6.17. The molecule has 20 rings (SSSR count). The van der Waals surface area contributed by atoms with Crippen LogP contribution in [0, 0.1) is 0 Å². The number of fused-ring (bicyclic) bond motifs is 16. The second-order valence-electron chi connectivity index (χ2n) is 24.8. The van der Waals surface area contributed by atoms with Gasteiger partial charge in [-0.2, -0.15) is 0 Å². The molecule has 6 heteroatoms. The van der Waals surface area contributed by atoms with Gasteiger partial charge in [0.2, 0.25) is 0 Å². The summed E-state index contributed by atoms with van der Waals surface area (Å²) in [6.45, 7) is 0. The van der Waals surface area contributed by atoms with Gasteiger partial charge in [-0.1, -0.05) is 200 Å². The van der Waals surface area contributed by atoms with Gasteiger partial charge in [0.1, 0.15) is 0 Å². The summed E-state index contributed by atoms with van der Waals surface area (Å²) < 4.78 is 9.61. The lowest BCUT2D eigenvalue weighted by Gasteiger charge is -2.16. The highest BCUT2D eigenvalue weighted by atomic mass is 15.0. The van der Waals surface area contributed by atoms with Crippen molar-refractivity contribution in [1.29, 1.82) is 0 Å². The lowest BCUT2D eigenvalue weighted by molar-refractivity contribution is 1.18. The third-order valence-corrected chi connectivity index (χ3v) is 19.8. The van der Waals surface area contributed by atoms with Gasteiger partial charge in [0.05, 0.1) is 61.0 Å². The van der Waals surface area contributed by atoms with E-state index in [-0.39, 0.29) is 0 Å². The van der Waals surface area contributed by atoms with Crippen LogP contribution in [0.4, 0.5) is 0 Å². The molecule has 0 aliphatic heterocycles. The minimum atomic E-state index is 0.681. The predicted molar refractivity (Wildman–Crippen MR) is 394 cm³/mol. The number of benzene rings is 15. The van der Waals surface area contributed by atoms with Crippen LogP contribution in [-0.2, 0) is 0 Å². The number of nitrogens with zero attached hydrogens (tertiary/aromatic N) is 6. The molecular weight excluding hydrogens is 1140 g/mol. The van der Waals surface area contributed by atoms with Crippen molar-refractivity contribution in [3.8, 4) is 67.6 Å². The van der Waals surface area contributed by atoms with Gasteiger partial charge in [-0.05, 0) is 160 Å². The fourth-order valence-corrected chi connectivity index (χ4v) is 15.5. The summed E-state index contributed by atoms with van der Waals surface area (Å²) in [4.78, 5) is 11.2. The Hall–Kier alpha value is -12.6. The lowest BCUT2D eigenvalue weighted by Crippen LogP contribution is -2.00. The standard InChI is InChI=1S/C88H54N6/c1-3-20-61(21-4-1)91-77-31-15-11-27-67(77)73-51-57(38-46-82(73)91)58-40-48-84-75(53-58)69-29-13-17-33-79(69)93(84)63-42-35-56(36-43-63)86-72-44-37-55-19-7-8-24-64(55)87(72)90-88(89-86)71-45-50-81(66-26-10-9-25-65(66)71)94-80-34-18-14-30-70(80)76-54-60(41-49-85(76)94)59-39-47-83-74(52-59)68-28-12-16-32-78(68)92(83)62-22-5-2-6-23-62/h1-54H. The van der Waals surface area contributed by atoms with Crippen LogP contribution in [0.25, 0.3) is 187 Å². The van der Waals surface area contributed by atoms with E-state index in [1.165, 1.54) is 87.4 Å². The van der Waals surface area contributed by atoms with Crippen LogP contribution < -0.4 is 0 Å². The number of para-hydroxylation sites is 6. The van der Waals surface area contributed by atoms with E-state index < -0.39 is 0 Å². The van der Waals surface area contributed by atoms with Gasteiger partial charge in [-0.25, -0.2) is 9.97 Å². The summed E-state index contributed by atoms with van der Waals surface area (Å²) in [6.07, 6.45) is 0. The zero-order valence-electron chi connectivity index (χ0n) is 50.9. The molecule has 94 heavy (non-hydrogen) atoms. The van der Waals surface area contributed by atoms with Crippen LogP contribution in [-0.4, -0.2) is 28.2 Å². The zero-order chi connectivity index (χ0) is 61.5. The summed E-state index contributed by atoms with van der Waals surface area (Å²) in [6, 6.07) is 120. The smallest absolute Gasteiger partial charge is 0.161 e. The summed E-state index contributed by atoms with van der Waals surface area (Å²) in [5.74, 6) is 0.681. The van der Waals surface area contributed by atoms with Gasteiger partial charge in [0, 0.05) is 87.4 Å². The van der Waals surface area contributed by atoms with Crippen molar-refractivity contribution in [2.75, 3.05) is 0 Å². The van der Waals surface area contributed by atoms with Gasteiger partial charge >= 0.3 is 0 Å². The van der Waals surface area contributed by atoms with Gasteiger partial charge in [-0.15, -0.1) is 0 Å². The Morgan fingerprint density at radius 1 is 0.202 bits per heavy atom. The number of aromatic nitrogens is 6. The Kier molecular flexibility index (Phi) is 11.3. The minimum absolute atomic E-state index is 0.681. The number of rotatable bonds is 8. The molecule has 5 aromatic heterocycles. The lowest BCUT2D eigenvalue weighted by atomic mass is 9.99. The molecule has 5 heterocycles. The van der Waals surface area contributed by atoms with Gasteiger partial charge in [0.25, 0.3) is 0 Å². The normalized spacial score (nSPS) is 12.0. The van der Waals surface area contributed by atoms with Crippen LogP contribution in [0.1, 0.15) is 0 Å². The van der Waals surface area contributed by atoms with Crippen molar-refractivity contribution in [1.82, 2.24) is 28.2 Å². The third-order valence-electron chi connectivity index (χ3n) is 19.8. The van der Waals surface area contributed by atoms with E-state index >= 15 is 0 Å². The summed E-state index contributed by atoms with van der Waals surface area (Å²) >= 11 is 0. The van der Waals surface area contributed by atoms with Crippen LogP contribution in [0.2, 0.25) is 0 Å². The van der Waals surface area contributed by atoms with E-state index in [0.29, 0.717) is 5.82 Å². The molecular formula is C88H54N6. The first kappa shape index (κ1) is 52.2. The molecule has 0 N–H and O–H groups in total. The van der Waals surface area contributed by atoms with E-state index in [0.717, 1.165) is 94.1 Å². The van der Waals surface area contributed by atoms with Crippen LogP contribution in [0.15, 0.2) is 328 Å². The Labute approximate surface area is 540 Å². The largest absolute Gasteiger partial charge is 0.309 e. The molecule has 0 bridgehead atoms. The van der Waals surface area contributed by atoms with Crippen molar-refractivity contribution in [3.05, 3.63) is 328 Å². The molecule has 0 amide bonds. The van der Waals surface area contributed by atoms with E-state index in [4.69, 9.17) is 9.97 Å². The first-order valence-electron chi connectivity index (χ1n) is 32.2. The average molecular weight is 1200 g/mol. The summed E-state index contributed by atoms with van der Waals surface area (Å²) in [7, 11) is 0. The number of hydrogen-bond acceptors (Lipinski definition) is 2. The summed E-state index contributed by atoms with van der Waals surface area (Å²) in [5, 5.41) is 15.2. The Bertz CT molecular complexity index is 6520. The molecule has 436 valence electrons. The molecule has 0 spiro atoms. The van der Waals surface area contributed by atoms with E-state index in [1.54, 1.807) is 0 Å². The molecule has 15 aromatic carbocycles. The van der Waals surface area contributed by atoms with Crippen molar-refractivity contribution in [2.45, 2.75) is 0 Å². The molecule has 6 nitrogen and oxygen atoms in total. The van der Waals surface area contributed by atoms with Gasteiger partial charge in [-0.3, -0.25) is 0 Å². The topological polar surface area (TPSA) is 45.5 Å². The van der Waals surface area contributed by atoms with Crippen molar-refractivity contribution >= 4 is 120 Å². The molecule has 0 saturated heterocycles. The SMILES string of the molecule is c1ccc(-n2c3ccccc3c3cc(-c4ccc5c(c4)c4ccccc4n5-c4ccc(-c5nc(-c6ccc(-n7c8ccccc8c8cc(-c9ccc%10c(c9)c9ccccc9n%10-c9ccccc9)ccc87)c7ccccc67)nc6c5ccc5ccccc56)cc4)ccc32)cc1. The predicted octanol–water partition coefficient (Wildman–Crippen LogP) is 23.0. The highest BCUT2D eigenvalue weighted by Gasteiger charge is 2.23. The minimum Gasteiger partial charge on any atom is -0.309 e. The molecule has 0 fully saturated rings. The quantitative estimate of drug-likeness (QED) is 0.142. The molecule has 0 atom stereocenters. The fourth-order valence-electron chi connectivity index (χ4n) is 15.5. The summed E-state index contributed by atoms with van der Waals surface area (Å²) in [5.41, 5.74) is 22.4. The second kappa shape index (κ2) is 20.4. The van der Waals surface area contributed by atoms with Crippen molar-refractivity contribution < 1.29 is 0 Å². The molecule has 0 unspecified atom stereocenters. The molecule has 0 saturated carbocycles. The van der Waals surface area contributed by atoms with Crippen molar-refractivity contribution in [2.24, 2.45) is 0 Å². The Balaban J connectivity index is 0.691. The molecule has 0 aliphatic carbocycles. The van der Waals surface area contributed by atoms with Gasteiger partial charge in [0.15, 0.2) is 5.82 Å². The fraction of sp³-hybridized carbons (Fsp3) is 0. The third kappa shape index (κ3) is 7.84. The first-order valence-corrected chi connectivity index (χ1v) is 32.2. The second-order valence-corrected chi connectivity index (χ2v) is 24.8. The zero-order valence-corrected chi connectivity index (χ0v) is 50.9. The Morgan fingerprint density at radius 3 is 1.04 bits per heavy atom. The van der Waals surface area contributed by atoms with E-state index in [2.05, 4.69) is 346 Å². The van der Waals surface area contributed by atoms with Crippen LogP contribution in [0.3, 0.4) is 0 Å². The van der Waals surface area contributed by atoms with E-state index in [9.17, 15) is 0 Å². The molecule has 0 radical (unpaired) electrons. The molecule has 0 aliphatic rings. The van der Waals surface area contributed by atoms with E-state index in [1.807, 2.05) is 0 Å². The maximum absolute atomic E-state index is 5.64. The highest BCUT2D eigenvalue weighted by Crippen LogP contribution is 2.44. The average Bonchev–Trinajstić information content (AvgIpc) is 1.44. The van der Waals surface area contributed by atoms with Crippen LogP contribution >= 0.6 is 0 Å². The van der Waals surface area contributed by atoms with Gasteiger partial charge < -0.3 is 18.3 Å². The maximum Gasteiger partial charge on any atom is 0.161 e. The Morgan fingerprint density at radius 2 is 0.564 bits per heavy atom. The van der Waals surface area contributed by atoms with Crippen LogP contribution in [0.5, 0.6) is 0 Å².